The number of fused-ring (bicyclic) bond motifs is 1. The maximum atomic E-state index is 11.8. The first kappa shape index (κ1) is 14.9. The molecule has 2 heterocycles. The number of nitrogens with zero attached hydrogens (tertiary/aromatic N) is 1. The SMILES string of the molecule is CC(C)(C)OC(=O)N1CC(NCc2cc3c(s2)CCC3)C1. The lowest BCUT2D eigenvalue weighted by molar-refractivity contribution is 0.00521. The Hall–Kier alpha value is -1.07. The van der Waals surface area contributed by atoms with Gasteiger partial charge in [-0.25, -0.2) is 4.79 Å². The molecule has 1 aromatic rings. The molecule has 0 unspecified atom stereocenters. The van der Waals surface area contributed by atoms with Crippen LogP contribution >= 0.6 is 11.3 Å². The summed E-state index contributed by atoms with van der Waals surface area (Å²) >= 11 is 1.95. The molecule has 1 saturated heterocycles. The molecule has 1 N–H and O–H groups in total. The van der Waals surface area contributed by atoms with Gasteiger partial charge in [0.25, 0.3) is 0 Å². The van der Waals surface area contributed by atoms with E-state index in [4.69, 9.17) is 4.74 Å². The Kier molecular flexibility index (Phi) is 3.97. The lowest BCUT2D eigenvalue weighted by Crippen LogP contribution is -2.60. The number of thiophene rings is 1. The van der Waals surface area contributed by atoms with Crippen LogP contribution in [0.2, 0.25) is 0 Å². The quantitative estimate of drug-likeness (QED) is 0.933. The van der Waals surface area contributed by atoms with Gasteiger partial charge in [-0.1, -0.05) is 0 Å². The van der Waals surface area contributed by atoms with E-state index in [2.05, 4.69) is 11.4 Å². The van der Waals surface area contributed by atoms with Crippen molar-refractivity contribution in [2.75, 3.05) is 13.1 Å². The number of aryl methyl sites for hydroxylation is 2. The van der Waals surface area contributed by atoms with Crippen molar-refractivity contribution in [3.8, 4) is 0 Å². The summed E-state index contributed by atoms with van der Waals surface area (Å²) in [4.78, 5) is 16.6. The molecule has 0 radical (unpaired) electrons. The van der Waals surface area contributed by atoms with E-state index >= 15 is 0 Å². The third-order valence-corrected chi connectivity index (χ3v) is 5.13. The largest absolute Gasteiger partial charge is 0.444 e. The summed E-state index contributed by atoms with van der Waals surface area (Å²) in [5.41, 5.74) is 1.15. The van der Waals surface area contributed by atoms with Crippen LogP contribution < -0.4 is 5.32 Å². The van der Waals surface area contributed by atoms with Gasteiger partial charge in [0.05, 0.1) is 0 Å². The highest BCUT2D eigenvalue weighted by Gasteiger charge is 2.33. The molecular formula is C16H24N2O2S. The molecule has 116 valence electrons. The van der Waals surface area contributed by atoms with E-state index in [0.29, 0.717) is 6.04 Å². The Morgan fingerprint density at radius 3 is 2.86 bits per heavy atom. The molecule has 5 heteroatoms. The van der Waals surface area contributed by atoms with E-state index in [1.54, 1.807) is 15.3 Å². The third kappa shape index (κ3) is 3.58. The maximum absolute atomic E-state index is 11.8. The average molecular weight is 308 g/mol. The van der Waals surface area contributed by atoms with Gasteiger partial charge in [0, 0.05) is 35.4 Å². The predicted molar refractivity (Wildman–Crippen MR) is 84.8 cm³/mol. The second-order valence-electron chi connectivity index (χ2n) is 6.98. The Morgan fingerprint density at radius 1 is 1.43 bits per heavy atom. The first-order valence-corrected chi connectivity index (χ1v) is 8.54. The zero-order chi connectivity index (χ0) is 15.0. The van der Waals surface area contributed by atoms with Crippen molar-refractivity contribution in [1.82, 2.24) is 10.2 Å². The van der Waals surface area contributed by atoms with Crippen LogP contribution in [0.1, 0.15) is 42.5 Å². The Bertz CT molecular complexity index is 505. The lowest BCUT2D eigenvalue weighted by atomic mass is 10.1. The average Bonchev–Trinajstić information content (AvgIpc) is 2.84. The summed E-state index contributed by atoms with van der Waals surface area (Å²) < 4.78 is 5.36. The van der Waals surface area contributed by atoms with E-state index in [1.807, 2.05) is 32.1 Å². The van der Waals surface area contributed by atoms with Crippen molar-refractivity contribution >= 4 is 17.4 Å². The van der Waals surface area contributed by atoms with Gasteiger partial charge in [0.15, 0.2) is 0 Å². The van der Waals surface area contributed by atoms with Crippen molar-refractivity contribution in [2.24, 2.45) is 0 Å². The molecule has 0 spiro atoms. The fourth-order valence-electron chi connectivity index (χ4n) is 2.81. The number of amides is 1. The van der Waals surface area contributed by atoms with Crippen LogP contribution in [0.4, 0.5) is 4.79 Å². The molecule has 0 aromatic carbocycles. The van der Waals surface area contributed by atoms with Crippen LogP contribution in [0, 0.1) is 0 Å². The van der Waals surface area contributed by atoms with Gasteiger partial charge < -0.3 is 15.0 Å². The van der Waals surface area contributed by atoms with Crippen LogP contribution in [0.3, 0.4) is 0 Å². The minimum atomic E-state index is -0.410. The van der Waals surface area contributed by atoms with Gasteiger partial charge in [0.1, 0.15) is 5.60 Å². The normalized spacial score (nSPS) is 18.5. The molecule has 0 saturated carbocycles. The van der Waals surface area contributed by atoms with Crippen molar-refractivity contribution in [2.45, 2.75) is 58.2 Å². The van der Waals surface area contributed by atoms with E-state index in [-0.39, 0.29) is 6.09 Å². The van der Waals surface area contributed by atoms with E-state index in [0.717, 1.165) is 19.6 Å². The van der Waals surface area contributed by atoms with E-state index < -0.39 is 5.60 Å². The molecule has 1 amide bonds. The molecule has 4 nitrogen and oxygen atoms in total. The van der Waals surface area contributed by atoms with Gasteiger partial charge in [-0.2, -0.15) is 0 Å². The van der Waals surface area contributed by atoms with Gasteiger partial charge in [-0.05, 0) is 51.7 Å². The van der Waals surface area contributed by atoms with Crippen molar-refractivity contribution in [1.29, 1.82) is 0 Å². The summed E-state index contributed by atoms with van der Waals surface area (Å²) in [6, 6.07) is 2.75. The molecule has 2 aliphatic rings. The Labute approximate surface area is 130 Å². The number of carbonyl (C=O) groups is 1. The standard InChI is InChI=1S/C16H24N2O2S/c1-16(2,3)20-15(19)18-9-12(10-18)17-8-13-7-11-5-4-6-14(11)21-13/h7,12,17H,4-6,8-10H2,1-3H3. The number of rotatable bonds is 3. The van der Waals surface area contributed by atoms with Crippen LogP contribution in [-0.4, -0.2) is 35.7 Å². The minimum Gasteiger partial charge on any atom is -0.444 e. The topological polar surface area (TPSA) is 41.6 Å². The maximum Gasteiger partial charge on any atom is 0.410 e. The Morgan fingerprint density at radius 2 is 2.19 bits per heavy atom. The molecule has 1 aliphatic carbocycles. The lowest BCUT2D eigenvalue weighted by Gasteiger charge is -2.40. The predicted octanol–water partition coefficient (Wildman–Crippen LogP) is 2.95. The van der Waals surface area contributed by atoms with Crippen molar-refractivity contribution in [3.05, 3.63) is 21.4 Å². The summed E-state index contributed by atoms with van der Waals surface area (Å²) in [7, 11) is 0. The summed E-state index contributed by atoms with van der Waals surface area (Å²) in [5, 5.41) is 3.53. The zero-order valence-electron chi connectivity index (χ0n) is 13.1. The number of ether oxygens (including phenoxy) is 1. The molecule has 1 fully saturated rings. The van der Waals surface area contributed by atoms with Gasteiger partial charge >= 0.3 is 6.09 Å². The van der Waals surface area contributed by atoms with Gasteiger partial charge in [-0.3, -0.25) is 0 Å². The molecular weight excluding hydrogens is 284 g/mol. The molecule has 1 aromatic heterocycles. The second-order valence-corrected chi connectivity index (χ2v) is 8.20. The molecule has 3 rings (SSSR count). The fraction of sp³-hybridized carbons (Fsp3) is 0.688. The molecule has 1 aliphatic heterocycles. The van der Waals surface area contributed by atoms with E-state index in [9.17, 15) is 4.79 Å². The zero-order valence-corrected chi connectivity index (χ0v) is 13.9. The molecule has 21 heavy (non-hydrogen) atoms. The van der Waals surface area contributed by atoms with Crippen LogP contribution in [-0.2, 0) is 24.1 Å². The first-order chi connectivity index (χ1) is 9.90. The second kappa shape index (κ2) is 5.61. The highest BCUT2D eigenvalue weighted by atomic mass is 32.1. The van der Waals surface area contributed by atoms with Crippen molar-refractivity contribution in [3.63, 3.8) is 0 Å². The Balaban J connectivity index is 1.40. The molecule has 0 bridgehead atoms. The highest BCUT2D eigenvalue weighted by molar-refractivity contribution is 7.12. The van der Waals surface area contributed by atoms with Crippen molar-refractivity contribution < 1.29 is 9.53 Å². The van der Waals surface area contributed by atoms with Gasteiger partial charge in [-0.15, -0.1) is 11.3 Å². The number of likely N-dealkylation sites (tertiary alicyclic amines) is 1. The van der Waals surface area contributed by atoms with Crippen LogP contribution in [0.15, 0.2) is 6.07 Å². The van der Waals surface area contributed by atoms with E-state index in [1.165, 1.54) is 24.1 Å². The minimum absolute atomic E-state index is 0.198. The summed E-state index contributed by atoms with van der Waals surface area (Å²) in [6.07, 6.45) is 3.63. The number of hydrogen-bond donors (Lipinski definition) is 1. The number of carbonyl (C=O) groups excluding carboxylic acids is 1. The first-order valence-electron chi connectivity index (χ1n) is 7.72. The highest BCUT2D eigenvalue weighted by Crippen LogP contribution is 2.30. The van der Waals surface area contributed by atoms with Gasteiger partial charge in [0.2, 0.25) is 0 Å². The van der Waals surface area contributed by atoms with Crippen LogP contribution in [0.5, 0.6) is 0 Å². The number of nitrogens with one attached hydrogen (secondary N) is 1. The molecule has 0 atom stereocenters. The fourth-order valence-corrected chi connectivity index (χ4v) is 4.02. The smallest absolute Gasteiger partial charge is 0.410 e. The third-order valence-electron chi connectivity index (χ3n) is 3.90. The monoisotopic (exact) mass is 308 g/mol. The number of hydrogen-bond acceptors (Lipinski definition) is 4. The van der Waals surface area contributed by atoms with Crippen LogP contribution in [0.25, 0.3) is 0 Å². The summed E-state index contributed by atoms with van der Waals surface area (Å²) in [5.74, 6) is 0. The summed E-state index contributed by atoms with van der Waals surface area (Å²) in [6.45, 7) is 8.12.